The Kier molecular flexibility index (Phi) is 6.86. The summed E-state index contributed by atoms with van der Waals surface area (Å²) in [6.07, 6.45) is -4.46. The number of hydrogen-bond donors (Lipinski definition) is 2. The number of carboxylic acids is 1. The Bertz CT molecular complexity index is 852. The number of hydrogen-bond acceptors (Lipinski definition) is 4. The molecule has 6 nitrogen and oxygen atoms in total. The number of nitrogens with one attached hydrogen (secondary N) is 1. The molecule has 2 aromatic rings. The summed E-state index contributed by atoms with van der Waals surface area (Å²) in [5.74, 6) is -1.33. The van der Waals surface area contributed by atoms with Crippen LogP contribution in [0.1, 0.15) is 28.4 Å². The van der Waals surface area contributed by atoms with Gasteiger partial charge in [-0.25, -0.2) is 4.79 Å². The molecule has 0 aromatic heterocycles. The first-order chi connectivity index (χ1) is 13.2. The van der Waals surface area contributed by atoms with Gasteiger partial charge in [0, 0.05) is 12.1 Å². The second-order valence-electron chi connectivity index (χ2n) is 5.66. The van der Waals surface area contributed by atoms with E-state index in [1.54, 1.807) is 6.92 Å². The van der Waals surface area contributed by atoms with Gasteiger partial charge in [-0.05, 0) is 42.8 Å². The van der Waals surface area contributed by atoms with Crippen molar-refractivity contribution < 1.29 is 37.3 Å². The highest BCUT2D eigenvalue weighted by atomic mass is 19.4. The van der Waals surface area contributed by atoms with E-state index < -0.39 is 30.2 Å². The summed E-state index contributed by atoms with van der Waals surface area (Å²) in [6.45, 7) is 1.31. The molecule has 0 bridgehead atoms. The number of amides is 1. The summed E-state index contributed by atoms with van der Waals surface area (Å²) >= 11 is 0. The van der Waals surface area contributed by atoms with E-state index in [-0.39, 0.29) is 30.2 Å². The minimum absolute atomic E-state index is 0.0933. The van der Waals surface area contributed by atoms with Crippen LogP contribution in [-0.4, -0.2) is 30.2 Å². The van der Waals surface area contributed by atoms with Gasteiger partial charge < -0.3 is 19.9 Å². The monoisotopic (exact) mass is 397 g/mol. The van der Waals surface area contributed by atoms with Crippen molar-refractivity contribution in [2.24, 2.45) is 0 Å². The predicted octanol–water partition coefficient (Wildman–Crippen LogP) is 3.50. The number of halogens is 3. The van der Waals surface area contributed by atoms with Crippen LogP contribution in [0.3, 0.4) is 0 Å². The molecule has 0 spiro atoms. The predicted molar refractivity (Wildman–Crippen MR) is 93.4 cm³/mol. The summed E-state index contributed by atoms with van der Waals surface area (Å²) in [7, 11) is 0. The summed E-state index contributed by atoms with van der Waals surface area (Å²) in [6, 6.07) is 8.84. The first kappa shape index (κ1) is 21.1. The Morgan fingerprint density at radius 2 is 1.82 bits per heavy atom. The van der Waals surface area contributed by atoms with Gasteiger partial charge >= 0.3 is 12.1 Å². The van der Waals surface area contributed by atoms with Gasteiger partial charge in [-0.15, -0.1) is 0 Å². The summed E-state index contributed by atoms with van der Waals surface area (Å²) in [5, 5.41) is 11.2. The molecule has 0 aliphatic carbocycles. The van der Waals surface area contributed by atoms with Gasteiger partial charge in [-0.1, -0.05) is 12.1 Å². The molecule has 0 atom stereocenters. The molecule has 0 radical (unpaired) electrons. The van der Waals surface area contributed by atoms with Gasteiger partial charge in [0.1, 0.15) is 0 Å². The van der Waals surface area contributed by atoms with Crippen LogP contribution in [0.5, 0.6) is 11.5 Å². The largest absolute Gasteiger partial charge is 0.490 e. The summed E-state index contributed by atoms with van der Waals surface area (Å²) in [4.78, 5) is 22.9. The van der Waals surface area contributed by atoms with Gasteiger partial charge in [0.2, 0.25) is 0 Å². The van der Waals surface area contributed by atoms with Gasteiger partial charge in [-0.3, -0.25) is 4.79 Å². The van der Waals surface area contributed by atoms with Gasteiger partial charge in [0.15, 0.2) is 18.1 Å². The third-order valence-electron chi connectivity index (χ3n) is 3.56. The zero-order chi connectivity index (χ0) is 20.7. The van der Waals surface area contributed by atoms with E-state index in [1.165, 1.54) is 30.3 Å². The zero-order valence-corrected chi connectivity index (χ0v) is 14.9. The average Bonchev–Trinajstić information content (AvgIpc) is 2.64. The zero-order valence-electron chi connectivity index (χ0n) is 14.9. The van der Waals surface area contributed by atoms with E-state index >= 15 is 0 Å². The van der Waals surface area contributed by atoms with Gasteiger partial charge in [-0.2, -0.15) is 13.2 Å². The molecule has 9 heteroatoms. The molecular formula is C19H18F3NO5. The fourth-order valence-electron chi connectivity index (χ4n) is 2.32. The van der Waals surface area contributed by atoms with Crippen LogP contribution in [0.15, 0.2) is 42.5 Å². The van der Waals surface area contributed by atoms with Gasteiger partial charge in [0.05, 0.1) is 12.2 Å². The number of alkyl halides is 3. The van der Waals surface area contributed by atoms with Crippen molar-refractivity contribution in [3.63, 3.8) is 0 Å². The number of benzene rings is 2. The van der Waals surface area contributed by atoms with Crippen LogP contribution >= 0.6 is 0 Å². The van der Waals surface area contributed by atoms with Crippen molar-refractivity contribution >= 4 is 11.9 Å². The van der Waals surface area contributed by atoms with Crippen molar-refractivity contribution in [1.29, 1.82) is 0 Å². The Hall–Kier alpha value is -3.23. The van der Waals surface area contributed by atoms with Crippen molar-refractivity contribution in [2.75, 3.05) is 13.2 Å². The highest BCUT2D eigenvalue weighted by molar-refractivity contribution is 5.94. The van der Waals surface area contributed by atoms with E-state index in [0.717, 1.165) is 12.1 Å². The minimum atomic E-state index is -4.46. The molecule has 0 saturated heterocycles. The first-order valence-corrected chi connectivity index (χ1v) is 8.26. The number of rotatable bonds is 8. The normalized spacial score (nSPS) is 11.0. The molecule has 2 aromatic carbocycles. The lowest BCUT2D eigenvalue weighted by Gasteiger charge is -2.13. The number of aliphatic carboxylic acids is 1. The highest BCUT2D eigenvalue weighted by Gasteiger charge is 2.30. The van der Waals surface area contributed by atoms with Crippen LogP contribution in [-0.2, 0) is 17.5 Å². The molecular weight excluding hydrogens is 379 g/mol. The summed E-state index contributed by atoms with van der Waals surface area (Å²) in [5.41, 5.74) is -0.300. The maximum atomic E-state index is 12.7. The highest BCUT2D eigenvalue weighted by Crippen LogP contribution is 2.30. The van der Waals surface area contributed by atoms with Crippen LogP contribution in [0.4, 0.5) is 13.2 Å². The van der Waals surface area contributed by atoms with Crippen LogP contribution in [0.25, 0.3) is 0 Å². The Labute approximate surface area is 158 Å². The van der Waals surface area contributed by atoms with E-state index in [2.05, 4.69) is 5.32 Å². The van der Waals surface area contributed by atoms with E-state index in [9.17, 15) is 22.8 Å². The first-order valence-electron chi connectivity index (χ1n) is 8.26. The molecule has 0 unspecified atom stereocenters. The lowest BCUT2D eigenvalue weighted by atomic mass is 10.1. The maximum Gasteiger partial charge on any atom is 0.416 e. The van der Waals surface area contributed by atoms with Crippen molar-refractivity contribution in [3.05, 3.63) is 59.2 Å². The molecule has 0 aliphatic rings. The second kappa shape index (κ2) is 9.12. The summed E-state index contributed by atoms with van der Waals surface area (Å²) < 4.78 is 48.7. The van der Waals surface area contributed by atoms with E-state index in [1.807, 2.05) is 0 Å². The molecule has 0 saturated carbocycles. The van der Waals surface area contributed by atoms with Crippen molar-refractivity contribution in [1.82, 2.24) is 5.32 Å². The molecule has 1 amide bonds. The van der Waals surface area contributed by atoms with E-state index in [4.69, 9.17) is 14.6 Å². The van der Waals surface area contributed by atoms with Crippen molar-refractivity contribution in [3.8, 4) is 11.5 Å². The lowest BCUT2D eigenvalue weighted by molar-refractivity contribution is -0.139. The van der Waals surface area contributed by atoms with Crippen molar-refractivity contribution in [2.45, 2.75) is 19.6 Å². The molecule has 2 N–H and O–H groups in total. The minimum Gasteiger partial charge on any atom is -0.490 e. The number of ether oxygens (including phenoxy) is 2. The fraction of sp³-hybridized carbons (Fsp3) is 0.263. The number of carbonyl (C=O) groups excluding carboxylic acids is 1. The quantitative estimate of drug-likeness (QED) is 0.712. The smallest absolute Gasteiger partial charge is 0.416 e. The van der Waals surface area contributed by atoms with Crippen LogP contribution < -0.4 is 14.8 Å². The second-order valence-corrected chi connectivity index (χ2v) is 5.66. The SMILES string of the molecule is CCOc1cc(C(=O)NCc2cccc(C(F)(F)F)c2)ccc1OCC(=O)O. The Morgan fingerprint density at radius 3 is 2.46 bits per heavy atom. The van der Waals surface area contributed by atoms with E-state index in [0.29, 0.717) is 5.56 Å². The fourth-order valence-corrected chi connectivity index (χ4v) is 2.32. The van der Waals surface area contributed by atoms with Crippen LogP contribution in [0, 0.1) is 0 Å². The van der Waals surface area contributed by atoms with Gasteiger partial charge in [0.25, 0.3) is 5.91 Å². The Morgan fingerprint density at radius 1 is 1.07 bits per heavy atom. The average molecular weight is 397 g/mol. The maximum absolute atomic E-state index is 12.7. The number of carbonyl (C=O) groups is 2. The molecule has 0 aliphatic heterocycles. The molecule has 150 valence electrons. The third-order valence-corrected chi connectivity index (χ3v) is 3.56. The number of carboxylic acid groups (broad SMARTS) is 1. The standard InChI is InChI=1S/C19H18F3NO5/c1-2-27-16-9-13(6-7-15(16)28-11-17(24)25)18(26)23-10-12-4-3-5-14(8-12)19(20,21)22/h3-9H,2,10-11H2,1H3,(H,23,26)(H,24,25). The Balaban J connectivity index is 2.09. The lowest BCUT2D eigenvalue weighted by Crippen LogP contribution is -2.23. The molecule has 28 heavy (non-hydrogen) atoms. The molecule has 0 fully saturated rings. The van der Waals surface area contributed by atoms with Crippen LogP contribution in [0.2, 0.25) is 0 Å². The third kappa shape index (κ3) is 5.90. The molecule has 2 rings (SSSR count). The molecule has 0 heterocycles. The topological polar surface area (TPSA) is 84.9 Å².